The minimum Gasteiger partial charge on any atom is -0.326 e. The van der Waals surface area contributed by atoms with Gasteiger partial charge in [-0.05, 0) is 80.0 Å². The minimum absolute atomic E-state index is 0.00559. The lowest BCUT2D eigenvalue weighted by molar-refractivity contribution is -0.140. The van der Waals surface area contributed by atoms with Crippen molar-refractivity contribution in [3.8, 4) is 0 Å². The zero-order valence-corrected chi connectivity index (χ0v) is 19.7. The van der Waals surface area contributed by atoms with Crippen LogP contribution in [0.4, 0.5) is 5.69 Å². The van der Waals surface area contributed by atoms with Gasteiger partial charge in [-0.15, -0.1) is 0 Å². The topological polar surface area (TPSA) is 66.5 Å². The van der Waals surface area contributed by atoms with Gasteiger partial charge < -0.3 is 5.32 Å². The molecule has 0 spiro atoms. The third kappa shape index (κ3) is 3.57. The van der Waals surface area contributed by atoms with Gasteiger partial charge in [0, 0.05) is 23.1 Å². The Balaban J connectivity index is 1.08. The number of benzene rings is 1. The number of anilines is 1. The third-order valence-corrected chi connectivity index (χ3v) is 8.67. The van der Waals surface area contributed by atoms with E-state index >= 15 is 0 Å². The number of nitrogens with zero attached hydrogens (tertiary/aromatic N) is 1. The molecule has 4 aliphatic carbocycles. The number of allylic oxidation sites excluding steroid dienone is 2. The van der Waals surface area contributed by atoms with E-state index in [1.54, 1.807) is 0 Å². The number of hydrogen-bond acceptors (Lipinski definition) is 3. The number of carbonyl (C=O) groups is 3. The third-order valence-electron chi connectivity index (χ3n) is 7.82. The number of rotatable bonds is 7. The van der Waals surface area contributed by atoms with E-state index in [9.17, 15) is 14.4 Å². The van der Waals surface area contributed by atoms with Crippen molar-refractivity contribution >= 4 is 39.3 Å². The summed E-state index contributed by atoms with van der Waals surface area (Å²) in [5, 5.41) is 3.00. The van der Waals surface area contributed by atoms with Gasteiger partial charge in [0.2, 0.25) is 17.7 Å². The smallest absolute Gasteiger partial charge is 0.233 e. The molecule has 2 bridgehead atoms. The van der Waals surface area contributed by atoms with Gasteiger partial charge in [-0.25, -0.2) is 0 Å². The molecule has 3 amide bonds. The molecule has 6 heteroatoms. The maximum Gasteiger partial charge on any atom is 0.233 e. The quantitative estimate of drug-likeness (QED) is 0.348. The lowest BCUT2D eigenvalue weighted by Gasteiger charge is -2.37. The Morgan fingerprint density at radius 3 is 2.29 bits per heavy atom. The molecule has 164 valence electrons. The van der Waals surface area contributed by atoms with Crippen LogP contribution in [0.3, 0.4) is 0 Å². The van der Waals surface area contributed by atoms with Crippen molar-refractivity contribution in [1.29, 1.82) is 0 Å². The molecule has 1 heterocycles. The molecule has 1 N–H and O–H groups in total. The van der Waals surface area contributed by atoms with Crippen molar-refractivity contribution in [1.82, 2.24) is 4.90 Å². The van der Waals surface area contributed by atoms with E-state index in [0.717, 1.165) is 40.5 Å². The molecule has 3 fully saturated rings. The SMILES string of the molecule is Cc1cc(NC(=O)CCCCCN2C(=O)C3C4C=CC(C5CC45)C3C2=O)c(C)cc1Br. The van der Waals surface area contributed by atoms with Gasteiger partial charge in [0.05, 0.1) is 11.8 Å². The van der Waals surface area contributed by atoms with E-state index in [-0.39, 0.29) is 41.4 Å². The fraction of sp³-hybridized carbons (Fsp3) is 0.560. The maximum absolute atomic E-state index is 13.0. The molecule has 0 aromatic heterocycles. The molecule has 1 aromatic carbocycles. The van der Waals surface area contributed by atoms with Crippen LogP contribution < -0.4 is 5.32 Å². The Bertz CT molecular complexity index is 951. The van der Waals surface area contributed by atoms with Gasteiger partial charge in [0.1, 0.15) is 0 Å². The molecular formula is C25H29BrN2O3. The molecular weight excluding hydrogens is 456 g/mol. The van der Waals surface area contributed by atoms with Crippen LogP contribution in [-0.2, 0) is 14.4 Å². The number of amides is 3. The predicted molar refractivity (Wildman–Crippen MR) is 122 cm³/mol. The minimum atomic E-state index is -0.102. The van der Waals surface area contributed by atoms with Crippen molar-refractivity contribution in [2.24, 2.45) is 35.5 Å². The zero-order valence-electron chi connectivity index (χ0n) is 18.1. The van der Waals surface area contributed by atoms with E-state index in [2.05, 4.69) is 33.4 Å². The molecule has 2 saturated carbocycles. The monoisotopic (exact) mass is 484 g/mol. The first-order chi connectivity index (χ1) is 14.9. The van der Waals surface area contributed by atoms with Crippen LogP contribution in [0.25, 0.3) is 0 Å². The molecule has 1 saturated heterocycles. The van der Waals surface area contributed by atoms with Crippen LogP contribution in [0, 0.1) is 49.4 Å². The second kappa shape index (κ2) is 7.88. The predicted octanol–water partition coefficient (Wildman–Crippen LogP) is 4.62. The van der Waals surface area contributed by atoms with Crippen LogP contribution >= 0.6 is 15.9 Å². The highest BCUT2D eigenvalue weighted by molar-refractivity contribution is 9.10. The maximum atomic E-state index is 13.0. The zero-order chi connectivity index (χ0) is 21.9. The fourth-order valence-electron chi connectivity index (χ4n) is 6.10. The highest BCUT2D eigenvalue weighted by Crippen LogP contribution is 2.65. The van der Waals surface area contributed by atoms with Gasteiger partial charge >= 0.3 is 0 Å². The number of carbonyl (C=O) groups excluding carboxylic acids is 3. The fourth-order valence-corrected chi connectivity index (χ4v) is 6.56. The Morgan fingerprint density at radius 2 is 1.65 bits per heavy atom. The van der Waals surface area contributed by atoms with E-state index < -0.39 is 0 Å². The van der Waals surface area contributed by atoms with Crippen LogP contribution in [0.15, 0.2) is 28.8 Å². The summed E-state index contributed by atoms with van der Waals surface area (Å²) in [6, 6.07) is 3.99. The van der Waals surface area contributed by atoms with E-state index in [1.165, 1.54) is 11.3 Å². The number of nitrogens with one attached hydrogen (secondary N) is 1. The summed E-state index contributed by atoms with van der Waals surface area (Å²) in [4.78, 5) is 39.8. The molecule has 5 aliphatic rings. The summed E-state index contributed by atoms with van der Waals surface area (Å²) in [5.41, 5.74) is 2.96. The van der Waals surface area contributed by atoms with Gasteiger partial charge in [0.25, 0.3) is 0 Å². The average molecular weight is 485 g/mol. The summed E-state index contributed by atoms with van der Waals surface area (Å²) in [5.74, 6) is 1.77. The van der Waals surface area contributed by atoms with Crippen molar-refractivity contribution in [3.63, 3.8) is 0 Å². The number of unbranched alkanes of at least 4 members (excludes halogenated alkanes) is 2. The van der Waals surface area contributed by atoms with Crippen molar-refractivity contribution in [3.05, 3.63) is 39.9 Å². The first-order valence-corrected chi connectivity index (χ1v) is 12.3. The second-order valence-corrected chi connectivity index (χ2v) is 10.6. The Hall–Kier alpha value is -1.95. The Kier molecular flexibility index (Phi) is 5.32. The molecule has 31 heavy (non-hydrogen) atoms. The molecule has 5 nitrogen and oxygen atoms in total. The van der Waals surface area contributed by atoms with E-state index in [1.807, 2.05) is 26.0 Å². The van der Waals surface area contributed by atoms with Crippen LogP contribution in [0.5, 0.6) is 0 Å². The molecule has 0 radical (unpaired) electrons. The normalized spacial score (nSPS) is 32.3. The second-order valence-electron chi connectivity index (χ2n) is 9.76. The molecule has 6 unspecified atom stereocenters. The number of hydrogen-bond donors (Lipinski definition) is 1. The average Bonchev–Trinajstić information content (AvgIpc) is 3.52. The summed E-state index contributed by atoms with van der Waals surface area (Å²) in [6.07, 6.45) is 8.39. The number of halogens is 1. The van der Waals surface area contributed by atoms with Crippen molar-refractivity contribution < 1.29 is 14.4 Å². The lowest BCUT2D eigenvalue weighted by Crippen LogP contribution is -2.40. The van der Waals surface area contributed by atoms with Crippen LogP contribution in [0.1, 0.15) is 43.2 Å². The Morgan fingerprint density at radius 1 is 1.00 bits per heavy atom. The van der Waals surface area contributed by atoms with Crippen LogP contribution in [-0.4, -0.2) is 29.2 Å². The lowest BCUT2D eigenvalue weighted by atomic mass is 9.63. The molecule has 1 aromatic rings. The molecule has 6 atom stereocenters. The number of aryl methyl sites for hydroxylation is 2. The largest absolute Gasteiger partial charge is 0.326 e. The summed E-state index contributed by atoms with van der Waals surface area (Å²) >= 11 is 3.51. The van der Waals surface area contributed by atoms with Crippen molar-refractivity contribution in [2.75, 3.05) is 11.9 Å². The highest BCUT2D eigenvalue weighted by atomic mass is 79.9. The number of likely N-dealkylation sites (tertiary alicyclic amines) is 1. The van der Waals surface area contributed by atoms with Crippen molar-refractivity contribution in [2.45, 2.75) is 46.0 Å². The van der Waals surface area contributed by atoms with Gasteiger partial charge in [0.15, 0.2) is 0 Å². The standard InChI is InChI=1S/C25H29BrN2O3/c1-13-11-20(14(2)10-19(13)26)27-21(29)6-4-3-5-9-28-24(30)22-15-7-8-16(18-12-17(15)18)23(22)25(28)31/h7-8,10-11,15-18,22-23H,3-6,9,12H2,1-2H3,(H,27,29). The first-order valence-electron chi connectivity index (χ1n) is 11.5. The van der Waals surface area contributed by atoms with E-state index in [4.69, 9.17) is 0 Å². The first kappa shape index (κ1) is 20.9. The highest BCUT2D eigenvalue weighted by Gasteiger charge is 2.66. The summed E-state index contributed by atoms with van der Waals surface area (Å²) < 4.78 is 1.04. The number of imide groups is 1. The van der Waals surface area contributed by atoms with Gasteiger partial charge in [-0.1, -0.05) is 34.5 Å². The van der Waals surface area contributed by atoms with Crippen LogP contribution in [0.2, 0.25) is 0 Å². The molecule has 6 rings (SSSR count). The van der Waals surface area contributed by atoms with E-state index in [0.29, 0.717) is 24.8 Å². The summed E-state index contributed by atoms with van der Waals surface area (Å²) in [7, 11) is 0. The Labute approximate surface area is 191 Å². The van der Waals surface area contributed by atoms with Gasteiger partial charge in [-0.3, -0.25) is 19.3 Å². The summed E-state index contributed by atoms with van der Waals surface area (Å²) in [6.45, 7) is 4.47. The van der Waals surface area contributed by atoms with Gasteiger partial charge in [-0.2, -0.15) is 0 Å². The molecule has 1 aliphatic heterocycles.